The number of nitrogens with zero attached hydrogens (tertiary/aromatic N) is 2. The Morgan fingerprint density at radius 3 is 2.39 bits per heavy atom. The Labute approximate surface area is 110 Å². The molecule has 0 radical (unpaired) electrons. The number of aromatic nitrogens is 2. The summed E-state index contributed by atoms with van der Waals surface area (Å²) < 4.78 is 0. The van der Waals surface area contributed by atoms with E-state index in [0.717, 1.165) is 31.0 Å². The molecule has 0 bridgehead atoms. The zero-order valence-electron chi connectivity index (χ0n) is 11.7. The summed E-state index contributed by atoms with van der Waals surface area (Å²) in [5.41, 5.74) is 2.59. The van der Waals surface area contributed by atoms with Crippen molar-refractivity contribution in [3.63, 3.8) is 0 Å². The Kier molecular flexibility index (Phi) is 6.43. The van der Waals surface area contributed by atoms with Gasteiger partial charge in [-0.15, -0.1) is 0 Å². The minimum atomic E-state index is 0.667. The smallest absolute Gasteiger partial charge is 0.145 e. The summed E-state index contributed by atoms with van der Waals surface area (Å²) in [5, 5.41) is 3.37. The van der Waals surface area contributed by atoms with Crippen molar-refractivity contribution >= 4 is 11.6 Å². The molecule has 5 heteroatoms. The predicted molar refractivity (Wildman–Crippen MR) is 76.4 cm³/mol. The summed E-state index contributed by atoms with van der Waals surface area (Å²) in [4.78, 5) is 8.82. The highest BCUT2D eigenvalue weighted by molar-refractivity contribution is 5.46. The fraction of sp³-hybridized carbons (Fsp3) is 0.692. The monoisotopic (exact) mass is 251 g/mol. The van der Waals surface area contributed by atoms with E-state index >= 15 is 0 Å². The number of nitrogens with two attached hydrogens (primary N) is 1. The molecule has 0 saturated carbocycles. The van der Waals surface area contributed by atoms with Crippen LogP contribution in [0, 0.1) is 5.92 Å². The van der Waals surface area contributed by atoms with Crippen molar-refractivity contribution in [2.24, 2.45) is 11.8 Å². The Balaban J connectivity index is 2.71. The van der Waals surface area contributed by atoms with Crippen LogP contribution in [-0.2, 0) is 6.42 Å². The number of nitrogens with one attached hydrogen (secondary N) is 2. The van der Waals surface area contributed by atoms with Gasteiger partial charge in [0.2, 0.25) is 0 Å². The van der Waals surface area contributed by atoms with Gasteiger partial charge in [0, 0.05) is 19.0 Å². The minimum Gasteiger partial charge on any atom is -0.370 e. The first-order valence-electron chi connectivity index (χ1n) is 6.81. The quantitative estimate of drug-likeness (QED) is 0.489. The fourth-order valence-corrected chi connectivity index (χ4v) is 1.82. The summed E-state index contributed by atoms with van der Waals surface area (Å²) in [6.07, 6.45) is 4.26. The molecule has 4 N–H and O–H groups in total. The summed E-state index contributed by atoms with van der Waals surface area (Å²) in [7, 11) is 0. The van der Waals surface area contributed by atoms with Crippen LogP contribution in [0.1, 0.15) is 45.9 Å². The molecule has 0 aliphatic rings. The number of rotatable bonds is 8. The molecule has 0 fully saturated rings. The molecule has 1 heterocycles. The predicted octanol–water partition coefficient (Wildman–Crippen LogP) is 2.56. The van der Waals surface area contributed by atoms with Crippen LogP contribution in [-0.4, -0.2) is 16.5 Å². The Hall–Kier alpha value is -1.36. The highest BCUT2D eigenvalue weighted by atomic mass is 15.3. The van der Waals surface area contributed by atoms with Crippen molar-refractivity contribution in [3.05, 3.63) is 11.9 Å². The molecule has 0 spiro atoms. The van der Waals surface area contributed by atoms with E-state index in [1.165, 1.54) is 12.8 Å². The van der Waals surface area contributed by atoms with Crippen LogP contribution in [0.4, 0.5) is 11.6 Å². The first-order valence-corrected chi connectivity index (χ1v) is 6.81. The third-order valence-electron chi connectivity index (χ3n) is 3.12. The Morgan fingerprint density at radius 2 is 1.83 bits per heavy atom. The molecule has 0 saturated heterocycles. The van der Waals surface area contributed by atoms with Gasteiger partial charge in [-0.3, -0.25) is 0 Å². The lowest BCUT2D eigenvalue weighted by Gasteiger charge is -2.14. The van der Waals surface area contributed by atoms with Gasteiger partial charge in [-0.1, -0.05) is 33.6 Å². The van der Waals surface area contributed by atoms with Crippen LogP contribution < -0.4 is 16.6 Å². The maximum atomic E-state index is 5.42. The average Bonchev–Trinajstić information content (AvgIpc) is 2.40. The van der Waals surface area contributed by atoms with Gasteiger partial charge in [0.1, 0.15) is 17.5 Å². The van der Waals surface area contributed by atoms with Gasteiger partial charge >= 0.3 is 0 Å². The maximum absolute atomic E-state index is 5.42. The fourth-order valence-electron chi connectivity index (χ4n) is 1.82. The lowest BCUT2D eigenvalue weighted by molar-refractivity contribution is 0.518. The van der Waals surface area contributed by atoms with Crippen LogP contribution in [0.2, 0.25) is 0 Å². The molecular formula is C13H25N5. The SMILES string of the molecule is CCCc1nc(NN)cc(NCC(CC)CC)n1. The lowest BCUT2D eigenvalue weighted by atomic mass is 10.0. The minimum absolute atomic E-state index is 0.667. The highest BCUT2D eigenvalue weighted by Crippen LogP contribution is 2.14. The van der Waals surface area contributed by atoms with E-state index in [2.05, 4.69) is 41.5 Å². The molecule has 1 aromatic heterocycles. The molecule has 18 heavy (non-hydrogen) atoms. The van der Waals surface area contributed by atoms with E-state index in [4.69, 9.17) is 5.84 Å². The molecule has 1 rings (SSSR count). The number of aryl methyl sites for hydroxylation is 1. The first kappa shape index (κ1) is 14.7. The van der Waals surface area contributed by atoms with Gasteiger partial charge in [-0.2, -0.15) is 0 Å². The second kappa shape index (κ2) is 7.87. The number of hydrogen-bond donors (Lipinski definition) is 3. The van der Waals surface area contributed by atoms with Crippen molar-refractivity contribution in [2.75, 3.05) is 17.3 Å². The van der Waals surface area contributed by atoms with Crippen molar-refractivity contribution in [1.29, 1.82) is 0 Å². The van der Waals surface area contributed by atoms with E-state index < -0.39 is 0 Å². The van der Waals surface area contributed by atoms with Gasteiger partial charge in [0.25, 0.3) is 0 Å². The zero-order valence-corrected chi connectivity index (χ0v) is 11.7. The third-order valence-corrected chi connectivity index (χ3v) is 3.12. The van der Waals surface area contributed by atoms with Crippen LogP contribution in [0.25, 0.3) is 0 Å². The normalized spacial score (nSPS) is 10.7. The van der Waals surface area contributed by atoms with E-state index in [1.807, 2.05) is 6.07 Å². The molecule has 0 amide bonds. The summed E-state index contributed by atoms with van der Waals surface area (Å²) in [5.74, 6) is 8.46. The maximum Gasteiger partial charge on any atom is 0.145 e. The molecular weight excluding hydrogens is 226 g/mol. The van der Waals surface area contributed by atoms with Gasteiger partial charge in [-0.25, -0.2) is 15.8 Å². The molecule has 0 aromatic carbocycles. The van der Waals surface area contributed by atoms with E-state index in [0.29, 0.717) is 11.7 Å². The summed E-state index contributed by atoms with van der Waals surface area (Å²) in [6.45, 7) is 7.49. The standard InChI is InChI=1S/C13H25N5/c1-4-7-11-16-12(8-13(17-11)18-14)15-9-10(5-2)6-3/h8,10H,4-7,9,14H2,1-3H3,(H2,15,16,17,18). The van der Waals surface area contributed by atoms with Crippen LogP contribution >= 0.6 is 0 Å². The van der Waals surface area contributed by atoms with Gasteiger partial charge < -0.3 is 10.7 Å². The molecule has 0 aliphatic carbocycles. The second-order valence-electron chi connectivity index (χ2n) is 4.51. The third kappa shape index (κ3) is 4.49. The average molecular weight is 251 g/mol. The van der Waals surface area contributed by atoms with Crippen molar-refractivity contribution in [3.8, 4) is 0 Å². The van der Waals surface area contributed by atoms with Gasteiger partial charge in [0.05, 0.1) is 0 Å². The topological polar surface area (TPSA) is 75.9 Å². The molecule has 1 aromatic rings. The second-order valence-corrected chi connectivity index (χ2v) is 4.51. The zero-order chi connectivity index (χ0) is 13.4. The van der Waals surface area contributed by atoms with Crippen molar-refractivity contribution in [2.45, 2.75) is 46.5 Å². The number of hydrazine groups is 1. The number of anilines is 2. The first-order chi connectivity index (χ1) is 8.73. The van der Waals surface area contributed by atoms with E-state index in [1.54, 1.807) is 0 Å². The molecule has 5 nitrogen and oxygen atoms in total. The highest BCUT2D eigenvalue weighted by Gasteiger charge is 2.06. The van der Waals surface area contributed by atoms with E-state index in [9.17, 15) is 0 Å². The molecule has 0 atom stereocenters. The summed E-state index contributed by atoms with van der Waals surface area (Å²) in [6, 6.07) is 1.85. The number of nitrogen functional groups attached to an aromatic ring is 1. The van der Waals surface area contributed by atoms with Crippen LogP contribution in [0.3, 0.4) is 0 Å². The van der Waals surface area contributed by atoms with Crippen molar-refractivity contribution in [1.82, 2.24) is 9.97 Å². The molecule has 0 unspecified atom stereocenters. The summed E-state index contributed by atoms with van der Waals surface area (Å²) >= 11 is 0. The van der Waals surface area contributed by atoms with Crippen molar-refractivity contribution < 1.29 is 0 Å². The Bertz CT molecular complexity index is 349. The Morgan fingerprint density at radius 1 is 1.17 bits per heavy atom. The molecule has 102 valence electrons. The lowest BCUT2D eigenvalue weighted by Crippen LogP contribution is -2.16. The van der Waals surface area contributed by atoms with Crippen LogP contribution in [0.5, 0.6) is 0 Å². The number of hydrogen-bond acceptors (Lipinski definition) is 5. The van der Waals surface area contributed by atoms with E-state index in [-0.39, 0.29) is 0 Å². The largest absolute Gasteiger partial charge is 0.370 e. The van der Waals surface area contributed by atoms with Crippen LogP contribution in [0.15, 0.2) is 6.07 Å². The van der Waals surface area contributed by atoms with Gasteiger partial charge in [-0.05, 0) is 12.3 Å². The molecule has 0 aliphatic heterocycles. The van der Waals surface area contributed by atoms with Gasteiger partial charge in [0.15, 0.2) is 0 Å².